The molecule has 0 aliphatic heterocycles. The number of hydrogen-bond acceptors (Lipinski definition) is 5. The minimum absolute atomic E-state index is 0.0505. The summed E-state index contributed by atoms with van der Waals surface area (Å²) in [6.07, 6.45) is 3.12. The zero-order chi connectivity index (χ0) is 21.8. The largest absolute Gasteiger partial charge is 0.355 e. The Labute approximate surface area is 183 Å². The standard InChI is InChI=1S/C23H22FN5OS/c1-15(17-6-4-3-5-7-17)12-25-22(30)16(2)31-23-20-13-28-29(21(20)26-14-27-23)19-10-8-18(24)9-11-19/h3-11,13-16H,12H2,1-2H3,(H,25,30)/t15-,16+/m0/s1. The smallest absolute Gasteiger partial charge is 0.233 e. The van der Waals surface area contributed by atoms with Crippen LogP contribution in [0.5, 0.6) is 0 Å². The molecule has 158 valence electrons. The predicted octanol–water partition coefficient (Wildman–Crippen LogP) is 4.36. The van der Waals surface area contributed by atoms with E-state index in [2.05, 4.69) is 39.4 Å². The number of fused-ring (bicyclic) bond motifs is 1. The summed E-state index contributed by atoms with van der Waals surface area (Å²) in [7, 11) is 0. The molecule has 0 unspecified atom stereocenters. The van der Waals surface area contributed by atoms with Crippen LogP contribution in [0.4, 0.5) is 4.39 Å². The summed E-state index contributed by atoms with van der Waals surface area (Å²) >= 11 is 1.36. The van der Waals surface area contributed by atoms with Gasteiger partial charge in [-0.15, -0.1) is 0 Å². The monoisotopic (exact) mass is 435 g/mol. The van der Waals surface area contributed by atoms with Crippen molar-refractivity contribution in [2.45, 2.75) is 30.0 Å². The van der Waals surface area contributed by atoms with Gasteiger partial charge in [0.1, 0.15) is 17.2 Å². The van der Waals surface area contributed by atoms with Gasteiger partial charge in [0, 0.05) is 6.54 Å². The number of carbonyl (C=O) groups excluding carboxylic acids is 1. The fraction of sp³-hybridized carbons (Fsp3) is 0.217. The van der Waals surface area contributed by atoms with Crippen LogP contribution < -0.4 is 5.32 Å². The Kier molecular flexibility index (Phi) is 6.27. The molecule has 0 spiro atoms. The van der Waals surface area contributed by atoms with Crippen molar-refractivity contribution in [1.29, 1.82) is 0 Å². The fourth-order valence-electron chi connectivity index (χ4n) is 3.21. The van der Waals surface area contributed by atoms with Crippen molar-refractivity contribution in [3.8, 4) is 5.69 Å². The van der Waals surface area contributed by atoms with Crippen LogP contribution in [0.1, 0.15) is 25.3 Å². The number of benzene rings is 2. The lowest BCUT2D eigenvalue weighted by Crippen LogP contribution is -2.33. The average molecular weight is 436 g/mol. The van der Waals surface area contributed by atoms with E-state index in [9.17, 15) is 9.18 Å². The molecular formula is C23H22FN5OS. The van der Waals surface area contributed by atoms with E-state index in [-0.39, 0.29) is 22.9 Å². The Morgan fingerprint density at radius 3 is 2.58 bits per heavy atom. The van der Waals surface area contributed by atoms with Gasteiger partial charge in [-0.2, -0.15) is 5.10 Å². The van der Waals surface area contributed by atoms with E-state index in [1.807, 2.05) is 25.1 Å². The Hall–Kier alpha value is -3.26. The van der Waals surface area contributed by atoms with Gasteiger partial charge in [-0.25, -0.2) is 19.0 Å². The van der Waals surface area contributed by atoms with Crippen LogP contribution in [0.15, 0.2) is 72.1 Å². The lowest BCUT2D eigenvalue weighted by atomic mass is 10.0. The van der Waals surface area contributed by atoms with Gasteiger partial charge in [0.2, 0.25) is 5.91 Å². The molecule has 0 radical (unpaired) electrons. The summed E-state index contributed by atoms with van der Waals surface area (Å²) in [6, 6.07) is 16.1. The third-order valence-corrected chi connectivity index (χ3v) is 6.13. The number of nitrogens with one attached hydrogen (secondary N) is 1. The van der Waals surface area contributed by atoms with Gasteiger partial charge in [-0.3, -0.25) is 4.79 Å². The summed E-state index contributed by atoms with van der Waals surface area (Å²) in [4.78, 5) is 21.3. The van der Waals surface area contributed by atoms with Crippen molar-refractivity contribution in [2.24, 2.45) is 0 Å². The van der Waals surface area contributed by atoms with E-state index in [1.165, 1.54) is 35.8 Å². The first-order valence-corrected chi connectivity index (χ1v) is 10.8. The number of thioether (sulfide) groups is 1. The highest BCUT2D eigenvalue weighted by Crippen LogP contribution is 2.29. The Bertz CT molecular complexity index is 1180. The van der Waals surface area contributed by atoms with Gasteiger partial charge in [0.15, 0.2) is 5.65 Å². The molecule has 8 heteroatoms. The highest BCUT2D eigenvalue weighted by Gasteiger charge is 2.19. The third kappa shape index (κ3) is 4.74. The van der Waals surface area contributed by atoms with Gasteiger partial charge in [-0.05, 0) is 42.7 Å². The first kappa shape index (κ1) is 21.0. The normalized spacial score (nSPS) is 13.1. The van der Waals surface area contributed by atoms with Gasteiger partial charge in [0.05, 0.1) is 22.5 Å². The van der Waals surface area contributed by atoms with Gasteiger partial charge in [-0.1, -0.05) is 49.0 Å². The van der Waals surface area contributed by atoms with Crippen molar-refractivity contribution in [2.75, 3.05) is 6.54 Å². The summed E-state index contributed by atoms with van der Waals surface area (Å²) in [5.41, 5.74) is 2.50. The second-order valence-corrected chi connectivity index (χ2v) is 8.60. The summed E-state index contributed by atoms with van der Waals surface area (Å²) in [5.74, 6) is -0.139. The number of carbonyl (C=O) groups is 1. The number of rotatable bonds is 7. The van der Waals surface area contributed by atoms with Crippen LogP contribution in [0.25, 0.3) is 16.7 Å². The third-order valence-electron chi connectivity index (χ3n) is 5.01. The molecule has 0 aliphatic carbocycles. The molecule has 1 amide bonds. The van der Waals surface area contributed by atoms with Crippen molar-refractivity contribution >= 4 is 28.7 Å². The van der Waals surface area contributed by atoms with Crippen molar-refractivity contribution in [1.82, 2.24) is 25.1 Å². The SMILES string of the molecule is C[C@@H](Sc1ncnc2c1cnn2-c1ccc(F)cc1)C(=O)NC[C@H](C)c1ccccc1. The minimum Gasteiger partial charge on any atom is -0.355 e. The summed E-state index contributed by atoms with van der Waals surface area (Å²) in [5, 5.41) is 8.49. The van der Waals surface area contributed by atoms with Crippen LogP contribution in [0.3, 0.4) is 0 Å². The lowest BCUT2D eigenvalue weighted by Gasteiger charge is -2.16. The molecule has 1 N–H and O–H groups in total. The quantitative estimate of drug-likeness (QED) is 0.345. The second kappa shape index (κ2) is 9.26. The molecule has 6 nitrogen and oxygen atoms in total. The molecule has 2 heterocycles. The maximum absolute atomic E-state index is 13.2. The Balaban J connectivity index is 1.45. The molecule has 0 aliphatic rings. The molecule has 2 aromatic carbocycles. The first-order valence-electron chi connectivity index (χ1n) is 9.97. The van der Waals surface area contributed by atoms with E-state index in [0.717, 1.165) is 5.39 Å². The molecule has 0 saturated heterocycles. The lowest BCUT2D eigenvalue weighted by molar-refractivity contribution is -0.120. The molecule has 0 bridgehead atoms. The maximum Gasteiger partial charge on any atom is 0.233 e. The molecular weight excluding hydrogens is 413 g/mol. The van der Waals surface area contributed by atoms with Crippen molar-refractivity contribution in [3.63, 3.8) is 0 Å². The van der Waals surface area contributed by atoms with Crippen LogP contribution in [-0.2, 0) is 4.79 Å². The molecule has 4 rings (SSSR count). The number of nitrogens with zero attached hydrogens (tertiary/aromatic N) is 4. The van der Waals surface area contributed by atoms with Crippen LogP contribution in [0.2, 0.25) is 0 Å². The number of amides is 1. The first-order chi connectivity index (χ1) is 15.0. The zero-order valence-corrected chi connectivity index (χ0v) is 18.0. The number of halogens is 1. The predicted molar refractivity (Wildman–Crippen MR) is 120 cm³/mol. The van der Waals surface area contributed by atoms with Crippen molar-refractivity contribution in [3.05, 3.63) is 78.5 Å². The van der Waals surface area contributed by atoms with Crippen LogP contribution >= 0.6 is 11.8 Å². The second-order valence-electron chi connectivity index (χ2n) is 7.27. The van der Waals surface area contributed by atoms with Crippen LogP contribution in [0, 0.1) is 5.82 Å². The van der Waals surface area contributed by atoms with Crippen molar-refractivity contribution < 1.29 is 9.18 Å². The Morgan fingerprint density at radius 2 is 1.84 bits per heavy atom. The molecule has 2 atom stereocenters. The molecule has 4 aromatic rings. The summed E-state index contributed by atoms with van der Waals surface area (Å²) in [6.45, 7) is 4.51. The number of hydrogen-bond donors (Lipinski definition) is 1. The van der Waals surface area contributed by atoms with Gasteiger partial charge >= 0.3 is 0 Å². The molecule has 0 saturated carbocycles. The van der Waals surface area contributed by atoms with Gasteiger partial charge in [0.25, 0.3) is 0 Å². The molecule has 31 heavy (non-hydrogen) atoms. The van der Waals surface area contributed by atoms with E-state index in [0.29, 0.717) is 22.9 Å². The topological polar surface area (TPSA) is 72.7 Å². The number of aromatic nitrogens is 4. The Morgan fingerprint density at radius 1 is 1.10 bits per heavy atom. The van der Waals surface area contributed by atoms with Gasteiger partial charge < -0.3 is 5.32 Å². The highest BCUT2D eigenvalue weighted by molar-refractivity contribution is 8.00. The summed E-state index contributed by atoms with van der Waals surface area (Å²) < 4.78 is 14.9. The zero-order valence-electron chi connectivity index (χ0n) is 17.2. The van der Waals surface area contributed by atoms with E-state index in [1.54, 1.807) is 23.0 Å². The molecule has 0 fully saturated rings. The molecule has 2 aromatic heterocycles. The van der Waals surface area contributed by atoms with E-state index < -0.39 is 0 Å². The minimum atomic E-state index is -0.338. The van der Waals surface area contributed by atoms with E-state index in [4.69, 9.17) is 0 Å². The fourth-order valence-corrected chi connectivity index (χ4v) is 4.11. The van der Waals surface area contributed by atoms with E-state index >= 15 is 0 Å². The highest BCUT2D eigenvalue weighted by atomic mass is 32.2. The van der Waals surface area contributed by atoms with Crippen LogP contribution in [-0.4, -0.2) is 37.5 Å². The maximum atomic E-state index is 13.2. The average Bonchev–Trinajstić information content (AvgIpc) is 3.23.